The first-order chi connectivity index (χ1) is 17.8. The smallest absolute Gasteiger partial charge is 0.422 e. The number of tetrazole rings is 1. The topological polar surface area (TPSA) is 86.0 Å². The minimum Gasteiger partial charge on any atom is -0.484 e. The van der Waals surface area contributed by atoms with Crippen LogP contribution in [-0.4, -0.2) is 43.1 Å². The Morgan fingerprint density at radius 2 is 1.61 bits per heavy atom. The van der Waals surface area contributed by atoms with Gasteiger partial charge in [0.2, 0.25) is 0 Å². The van der Waals surface area contributed by atoms with Gasteiger partial charge in [-0.15, -0.1) is 5.10 Å². The summed E-state index contributed by atoms with van der Waals surface area (Å²) in [6.45, 7) is -1.09. The van der Waals surface area contributed by atoms with E-state index in [1.165, 1.54) is 37.3 Å². The molecule has 0 amide bonds. The number of benzene rings is 2. The van der Waals surface area contributed by atoms with Crippen LogP contribution in [0.2, 0.25) is 0 Å². The van der Waals surface area contributed by atoms with E-state index >= 15 is 8.78 Å². The summed E-state index contributed by atoms with van der Waals surface area (Å²) in [6, 6.07) is 9.30. The second kappa shape index (κ2) is 10.0. The van der Waals surface area contributed by atoms with E-state index in [-0.39, 0.29) is 11.6 Å². The molecular formula is C24H18F7N5O2. The molecule has 2 aromatic heterocycles. The van der Waals surface area contributed by atoms with E-state index in [2.05, 4.69) is 25.2 Å². The van der Waals surface area contributed by atoms with Crippen molar-refractivity contribution in [2.75, 3.05) is 6.61 Å². The molecule has 1 N–H and O–H groups in total. The Hall–Kier alpha value is -4.07. The number of halogens is 7. The minimum atomic E-state index is -4.51. The molecule has 1 unspecified atom stereocenters. The summed E-state index contributed by atoms with van der Waals surface area (Å²) in [7, 11) is 0. The van der Waals surface area contributed by atoms with Crippen LogP contribution >= 0.6 is 0 Å². The number of pyridine rings is 1. The maximum Gasteiger partial charge on any atom is 0.422 e. The number of aryl methyl sites for hydroxylation is 1. The van der Waals surface area contributed by atoms with Gasteiger partial charge in [-0.1, -0.05) is 18.2 Å². The number of alkyl halides is 5. The quantitative estimate of drug-likeness (QED) is 0.318. The molecule has 0 saturated heterocycles. The average molecular weight is 541 g/mol. The molecule has 2 heterocycles. The number of aromatic nitrogens is 5. The molecule has 7 nitrogen and oxygen atoms in total. The molecular weight excluding hydrogens is 523 g/mol. The molecule has 0 fully saturated rings. The molecule has 0 bridgehead atoms. The van der Waals surface area contributed by atoms with Gasteiger partial charge in [-0.3, -0.25) is 4.98 Å². The van der Waals surface area contributed by atoms with Crippen molar-refractivity contribution >= 4 is 0 Å². The maximum atomic E-state index is 15.9. The van der Waals surface area contributed by atoms with Gasteiger partial charge >= 0.3 is 12.1 Å². The third-order valence-corrected chi connectivity index (χ3v) is 5.66. The maximum absolute atomic E-state index is 15.9. The molecule has 4 aromatic rings. The number of hydrogen-bond acceptors (Lipinski definition) is 6. The molecule has 4 rings (SSSR count). The van der Waals surface area contributed by atoms with E-state index in [1.54, 1.807) is 0 Å². The fourth-order valence-electron chi connectivity index (χ4n) is 3.66. The molecule has 14 heteroatoms. The first-order valence-electron chi connectivity index (χ1n) is 10.9. The first kappa shape index (κ1) is 27.0. The highest BCUT2D eigenvalue weighted by Crippen LogP contribution is 2.47. The van der Waals surface area contributed by atoms with E-state index in [9.17, 15) is 27.1 Å². The van der Waals surface area contributed by atoms with Gasteiger partial charge < -0.3 is 9.84 Å². The monoisotopic (exact) mass is 541 g/mol. The fourth-order valence-corrected chi connectivity index (χ4v) is 3.66. The van der Waals surface area contributed by atoms with Crippen molar-refractivity contribution in [3.05, 3.63) is 89.5 Å². The van der Waals surface area contributed by atoms with Gasteiger partial charge in [-0.25, -0.2) is 13.5 Å². The zero-order valence-corrected chi connectivity index (χ0v) is 19.4. The molecule has 0 saturated carbocycles. The number of hydrogen-bond donors (Lipinski definition) is 1. The van der Waals surface area contributed by atoms with Crippen molar-refractivity contribution < 1.29 is 40.6 Å². The van der Waals surface area contributed by atoms with Crippen LogP contribution in [0.3, 0.4) is 0 Å². The third kappa shape index (κ3) is 5.44. The van der Waals surface area contributed by atoms with Crippen LogP contribution in [0, 0.1) is 18.6 Å². The number of nitrogens with zero attached hydrogens (tertiary/aromatic N) is 5. The van der Waals surface area contributed by atoms with E-state index < -0.39 is 53.7 Å². The Morgan fingerprint density at radius 3 is 2.16 bits per heavy atom. The molecule has 0 aliphatic carbocycles. The van der Waals surface area contributed by atoms with Crippen molar-refractivity contribution in [3.8, 4) is 16.9 Å². The molecule has 0 aliphatic heterocycles. The molecule has 200 valence electrons. The van der Waals surface area contributed by atoms with Crippen LogP contribution in [0.4, 0.5) is 30.7 Å². The van der Waals surface area contributed by atoms with Crippen LogP contribution in [0.1, 0.15) is 17.1 Å². The van der Waals surface area contributed by atoms with Gasteiger partial charge in [-0.2, -0.15) is 22.0 Å². The Balaban J connectivity index is 1.66. The fraction of sp³-hybridized carbons (Fsp3) is 0.250. The summed E-state index contributed by atoms with van der Waals surface area (Å²) in [5.41, 5.74) is -4.39. The van der Waals surface area contributed by atoms with Gasteiger partial charge in [0.1, 0.15) is 28.9 Å². The Labute approximate surface area is 210 Å². The molecule has 0 radical (unpaired) electrons. The van der Waals surface area contributed by atoms with E-state index in [0.717, 1.165) is 23.0 Å². The lowest BCUT2D eigenvalue weighted by molar-refractivity contribution is -0.208. The van der Waals surface area contributed by atoms with Gasteiger partial charge in [0.15, 0.2) is 12.2 Å². The van der Waals surface area contributed by atoms with Gasteiger partial charge in [-0.05, 0) is 53.2 Å². The Bertz CT molecular complexity index is 1410. The highest BCUT2D eigenvalue weighted by molar-refractivity contribution is 5.63. The summed E-state index contributed by atoms with van der Waals surface area (Å²) in [5.74, 6) is -6.69. The standard InChI is InChI=1S/C24H18F7N5O2/c1-14-33-34-35-36(14)12-22(37,19-8-5-17(25)10-20(19)26)24(30,31)21-9-4-16(11-32-21)15-2-6-18(7-3-15)38-13-23(27,28)29/h2-11,37H,12-13H2,1H3. The van der Waals surface area contributed by atoms with Crippen molar-refractivity contribution in [3.63, 3.8) is 0 Å². The van der Waals surface area contributed by atoms with Gasteiger partial charge in [0.05, 0.1) is 6.54 Å². The molecule has 1 atom stereocenters. The highest BCUT2D eigenvalue weighted by Gasteiger charge is 2.58. The second-order valence-corrected chi connectivity index (χ2v) is 8.30. The second-order valence-electron chi connectivity index (χ2n) is 8.30. The lowest BCUT2D eigenvalue weighted by Gasteiger charge is -2.36. The highest BCUT2D eigenvalue weighted by atomic mass is 19.4. The summed E-state index contributed by atoms with van der Waals surface area (Å²) in [6.07, 6.45) is -3.45. The lowest BCUT2D eigenvalue weighted by Crippen LogP contribution is -2.48. The SMILES string of the molecule is Cc1nnnn1CC(O)(c1ccc(F)cc1F)C(F)(F)c1ccc(-c2ccc(OCC(F)(F)F)cc2)cn1. The first-order valence-corrected chi connectivity index (χ1v) is 10.9. The largest absolute Gasteiger partial charge is 0.484 e. The van der Waals surface area contributed by atoms with Crippen molar-refractivity contribution in [1.82, 2.24) is 25.2 Å². The normalized spacial score (nSPS) is 13.8. The molecule has 0 spiro atoms. The van der Waals surface area contributed by atoms with Crippen LogP contribution in [0.15, 0.2) is 60.8 Å². The van der Waals surface area contributed by atoms with E-state index in [0.29, 0.717) is 23.3 Å². The predicted octanol–water partition coefficient (Wildman–Crippen LogP) is 4.94. The van der Waals surface area contributed by atoms with Crippen LogP contribution in [0.5, 0.6) is 5.75 Å². The predicted molar refractivity (Wildman–Crippen MR) is 118 cm³/mol. The van der Waals surface area contributed by atoms with E-state index in [4.69, 9.17) is 0 Å². The van der Waals surface area contributed by atoms with E-state index in [1.807, 2.05) is 0 Å². The number of aliphatic hydroxyl groups is 1. The Kier molecular flexibility index (Phi) is 7.10. The summed E-state index contributed by atoms with van der Waals surface area (Å²) >= 11 is 0. The van der Waals surface area contributed by atoms with Crippen molar-refractivity contribution in [1.29, 1.82) is 0 Å². The zero-order valence-electron chi connectivity index (χ0n) is 19.4. The zero-order chi connectivity index (χ0) is 27.7. The summed E-state index contributed by atoms with van der Waals surface area (Å²) in [5, 5.41) is 21.7. The molecule has 2 aromatic carbocycles. The minimum absolute atomic E-state index is 0.0488. The average Bonchev–Trinajstić information content (AvgIpc) is 3.26. The van der Waals surface area contributed by atoms with Crippen LogP contribution in [-0.2, 0) is 18.1 Å². The third-order valence-electron chi connectivity index (χ3n) is 5.66. The van der Waals surface area contributed by atoms with Gasteiger partial charge in [0, 0.05) is 23.4 Å². The van der Waals surface area contributed by atoms with Crippen molar-refractivity contribution in [2.24, 2.45) is 0 Å². The molecule has 38 heavy (non-hydrogen) atoms. The Morgan fingerprint density at radius 1 is 0.921 bits per heavy atom. The number of ether oxygens (including phenoxy) is 1. The number of rotatable bonds is 8. The lowest BCUT2D eigenvalue weighted by atomic mass is 9.84. The summed E-state index contributed by atoms with van der Waals surface area (Å²) in [4.78, 5) is 3.76. The summed E-state index contributed by atoms with van der Waals surface area (Å²) < 4.78 is 102. The van der Waals surface area contributed by atoms with Crippen LogP contribution < -0.4 is 4.74 Å². The molecule has 0 aliphatic rings. The van der Waals surface area contributed by atoms with Crippen molar-refractivity contribution in [2.45, 2.75) is 31.2 Å². The van der Waals surface area contributed by atoms with Gasteiger partial charge in [0.25, 0.3) is 0 Å². The van der Waals surface area contributed by atoms with Crippen LogP contribution in [0.25, 0.3) is 11.1 Å².